The van der Waals surface area contributed by atoms with E-state index in [4.69, 9.17) is 11.6 Å². The van der Waals surface area contributed by atoms with Crippen LogP contribution in [0.1, 0.15) is 25.0 Å². The van der Waals surface area contributed by atoms with Crippen molar-refractivity contribution in [2.45, 2.75) is 19.3 Å². The third-order valence-electron chi connectivity index (χ3n) is 3.96. The molecule has 19 heavy (non-hydrogen) atoms. The Morgan fingerprint density at radius 3 is 2.53 bits per heavy atom. The highest BCUT2D eigenvalue weighted by atomic mass is 35.5. The van der Waals surface area contributed by atoms with E-state index in [1.54, 1.807) is 6.92 Å². The summed E-state index contributed by atoms with van der Waals surface area (Å²) in [5, 5.41) is 4.02. The number of hydrogen-bond donors (Lipinski definition) is 1. The predicted octanol–water partition coefficient (Wildman–Crippen LogP) is 4.29. The number of carbonyl (C=O) groups excluding carboxylic acids is 1. The van der Waals surface area contributed by atoms with Gasteiger partial charge in [0.25, 0.3) is 0 Å². The zero-order chi connectivity index (χ0) is 13.6. The number of fused-ring (bicyclic) bond motifs is 2. The molecule has 1 heterocycles. The first-order chi connectivity index (χ1) is 9.03. The van der Waals surface area contributed by atoms with Crippen LogP contribution in [0.2, 0.25) is 5.02 Å². The molecule has 0 bridgehead atoms. The van der Waals surface area contributed by atoms with Gasteiger partial charge in [0.1, 0.15) is 5.78 Å². The Hall–Kier alpha value is -1.80. The van der Waals surface area contributed by atoms with Crippen molar-refractivity contribution in [3.63, 3.8) is 0 Å². The van der Waals surface area contributed by atoms with Gasteiger partial charge in [-0.05, 0) is 43.2 Å². The monoisotopic (exact) mass is 271 g/mol. The highest BCUT2D eigenvalue weighted by molar-refractivity contribution is 6.31. The fourth-order valence-corrected chi connectivity index (χ4v) is 2.93. The Kier molecular flexibility index (Phi) is 2.64. The molecule has 3 rings (SSSR count). The van der Waals surface area contributed by atoms with Gasteiger partial charge < -0.3 is 5.32 Å². The van der Waals surface area contributed by atoms with E-state index in [9.17, 15) is 4.79 Å². The maximum absolute atomic E-state index is 12.3. The summed E-state index contributed by atoms with van der Waals surface area (Å²) in [4.78, 5) is 12.3. The molecule has 0 spiro atoms. The summed E-state index contributed by atoms with van der Waals surface area (Å²) >= 11 is 6.05. The van der Waals surface area contributed by atoms with E-state index < -0.39 is 5.41 Å². The lowest BCUT2D eigenvalue weighted by Crippen LogP contribution is -2.36. The molecule has 1 atom stereocenters. The largest absolute Gasteiger partial charge is 0.355 e. The first-order valence-electron chi connectivity index (χ1n) is 6.21. The van der Waals surface area contributed by atoms with Gasteiger partial charge >= 0.3 is 0 Å². The van der Waals surface area contributed by atoms with Gasteiger partial charge in [-0.2, -0.15) is 0 Å². The fraction of sp³-hybridized carbons (Fsp3) is 0.188. The third kappa shape index (κ3) is 1.67. The highest BCUT2D eigenvalue weighted by Crippen LogP contribution is 2.46. The number of nitrogens with one attached hydrogen (secondary N) is 1. The lowest BCUT2D eigenvalue weighted by molar-refractivity contribution is -0.120. The van der Waals surface area contributed by atoms with Gasteiger partial charge in [-0.15, -0.1) is 0 Å². The molecule has 1 aliphatic rings. The van der Waals surface area contributed by atoms with Gasteiger partial charge in [-0.3, -0.25) is 4.79 Å². The molecule has 0 fully saturated rings. The average Bonchev–Trinajstić information content (AvgIpc) is 2.38. The summed E-state index contributed by atoms with van der Waals surface area (Å²) < 4.78 is 0. The van der Waals surface area contributed by atoms with Gasteiger partial charge in [0.05, 0.1) is 5.41 Å². The minimum atomic E-state index is -0.623. The SMILES string of the molecule is CC(=O)C1(C)c2ccccc2Nc2cc(Cl)ccc21. The quantitative estimate of drug-likeness (QED) is 0.838. The number of anilines is 2. The summed E-state index contributed by atoms with van der Waals surface area (Å²) in [6.07, 6.45) is 0. The average molecular weight is 272 g/mol. The van der Waals surface area contributed by atoms with Gasteiger partial charge in [0, 0.05) is 16.4 Å². The second-order valence-electron chi connectivity index (χ2n) is 5.04. The van der Waals surface area contributed by atoms with E-state index in [2.05, 4.69) is 5.32 Å². The number of rotatable bonds is 1. The van der Waals surface area contributed by atoms with Crippen molar-refractivity contribution >= 4 is 28.8 Å². The first-order valence-corrected chi connectivity index (χ1v) is 6.59. The third-order valence-corrected chi connectivity index (χ3v) is 4.19. The molecule has 1 unspecified atom stereocenters. The molecule has 0 saturated carbocycles. The molecule has 1 N–H and O–H groups in total. The van der Waals surface area contributed by atoms with E-state index in [1.165, 1.54) is 0 Å². The van der Waals surface area contributed by atoms with E-state index in [-0.39, 0.29) is 5.78 Å². The van der Waals surface area contributed by atoms with Crippen molar-refractivity contribution in [3.8, 4) is 0 Å². The number of Topliss-reactive ketones (excluding diaryl/α,β-unsaturated/α-hetero) is 1. The summed E-state index contributed by atoms with van der Waals surface area (Å²) in [5.74, 6) is 0.130. The van der Waals surface area contributed by atoms with Crippen molar-refractivity contribution in [2.75, 3.05) is 5.32 Å². The number of ketones is 1. The van der Waals surface area contributed by atoms with Crippen molar-refractivity contribution in [1.29, 1.82) is 0 Å². The smallest absolute Gasteiger partial charge is 0.144 e. The molecule has 96 valence electrons. The van der Waals surface area contributed by atoms with E-state index in [1.807, 2.05) is 49.4 Å². The number of benzene rings is 2. The number of para-hydroxylation sites is 1. The van der Waals surface area contributed by atoms with Crippen LogP contribution in [0.25, 0.3) is 0 Å². The molecule has 2 aromatic rings. The molecule has 0 saturated heterocycles. The van der Waals surface area contributed by atoms with Crippen molar-refractivity contribution in [3.05, 3.63) is 58.6 Å². The van der Waals surface area contributed by atoms with Crippen LogP contribution in [0.5, 0.6) is 0 Å². The minimum absolute atomic E-state index is 0.130. The van der Waals surface area contributed by atoms with Gasteiger partial charge in [-0.25, -0.2) is 0 Å². The Morgan fingerprint density at radius 2 is 1.79 bits per heavy atom. The maximum Gasteiger partial charge on any atom is 0.144 e. The summed E-state index contributed by atoms with van der Waals surface area (Å²) in [7, 11) is 0. The molecule has 0 aliphatic carbocycles. The second-order valence-corrected chi connectivity index (χ2v) is 5.48. The summed E-state index contributed by atoms with van der Waals surface area (Å²) in [5.41, 5.74) is 3.24. The number of halogens is 1. The topological polar surface area (TPSA) is 29.1 Å². The molecule has 0 aromatic heterocycles. The molecule has 1 aliphatic heterocycles. The van der Waals surface area contributed by atoms with Crippen LogP contribution in [-0.2, 0) is 10.2 Å². The normalized spacial score (nSPS) is 20.2. The van der Waals surface area contributed by atoms with Crippen LogP contribution in [0.4, 0.5) is 11.4 Å². The lowest BCUT2D eigenvalue weighted by Gasteiger charge is -2.36. The summed E-state index contributed by atoms with van der Waals surface area (Å²) in [6, 6.07) is 13.5. The number of carbonyl (C=O) groups is 1. The molecule has 0 amide bonds. The van der Waals surface area contributed by atoms with Crippen molar-refractivity contribution < 1.29 is 4.79 Å². The molecule has 0 radical (unpaired) electrons. The van der Waals surface area contributed by atoms with Crippen LogP contribution in [-0.4, -0.2) is 5.78 Å². The molecule has 2 nitrogen and oxygen atoms in total. The zero-order valence-electron chi connectivity index (χ0n) is 10.8. The van der Waals surface area contributed by atoms with Gasteiger partial charge in [0.15, 0.2) is 0 Å². The zero-order valence-corrected chi connectivity index (χ0v) is 11.6. The summed E-state index contributed by atoms with van der Waals surface area (Å²) in [6.45, 7) is 3.61. The second kappa shape index (κ2) is 4.10. The fourth-order valence-electron chi connectivity index (χ4n) is 2.75. The van der Waals surface area contributed by atoms with Crippen LogP contribution >= 0.6 is 11.6 Å². The minimum Gasteiger partial charge on any atom is -0.355 e. The highest BCUT2D eigenvalue weighted by Gasteiger charge is 2.40. The van der Waals surface area contributed by atoms with Crippen LogP contribution in [0.15, 0.2) is 42.5 Å². The Morgan fingerprint density at radius 1 is 1.11 bits per heavy atom. The number of hydrogen-bond acceptors (Lipinski definition) is 2. The van der Waals surface area contributed by atoms with Crippen LogP contribution in [0, 0.1) is 0 Å². The van der Waals surface area contributed by atoms with Crippen molar-refractivity contribution in [1.82, 2.24) is 0 Å². The van der Waals surface area contributed by atoms with E-state index in [0.717, 1.165) is 22.5 Å². The Balaban J connectivity index is 2.33. The Bertz CT molecular complexity index is 680. The van der Waals surface area contributed by atoms with E-state index >= 15 is 0 Å². The lowest BCUT2D eigenvalue weighted by atomic mass is 9.70. The van der Waals surface area contributed by atoms with Crippen molar-refractivity contribution in [2.24, 2.45) is 0 Å². The van der Waals surface area contributed by atoms with Crippen LogP contribution < -0.4 is 5.32 Å². The molecular formula is C16H14ClNO. The van der Waals surface area contributed by atoms with Gasteiger partial charge in [0.2, 0.25) is 0 Å². The van der Waals surface area contributed by atoms with Crippen LogP contribution in [0.3, 0.4) is 0 Å². The maximum atomic E-state index is 12.3. The predicted molar refractivity (Wildman–Crippen MR) is 78.3 cm³/mol. The molecular weight excluding hydrogens is 258 g/mol. The molecule has 2 aromatic carbocycles. The molecule has 3 heteroatoms. The Labute approximate surface area is 117 Å². The first kappa shape index (κ1) is 12.2. The standard InChI is InChI=1S/C16H14ClNO/c1-10(19)16(2)12-5-3-4-6-14(12)18-15-9-11(17)7-8-13(15)16/h3-9,18H,1-2H3. The van der Waals surface area contributed by atoms with Gasteiger partial charge in [-0.1, -0.05) is 35.9 Å². The van der Waals surface area contributed by atoms with E-state index in [0.29, 0.717) is 5.02 Å².